The largest absolute Gasteiger partial charge is 0.481 e. The molecule has 1 atom stereocenters. The molecule has 1 unspecified atom stereocenters. The number of hydrogen-bond acceptors (Lipinski definition) is 3. The molecular formula is C13H17ClN2O3. The molecule has 5 nitrogen and oxygen atoms in total. The maximum Gasteiger partial charge on any atom is 0.305 e. The predicted octanol–water partition coefficient (Wildman–Crippen LogP) is 2.13. The number of amides is 1. The predicted molar refractivity (Wildman–Crippen MR) is 74.7 cm³/mol. The Labute approximate surface area is 117 Å². The number of carboxylic acids is 1. The van der Waals surface area contributed by atoms with E-state index in [1.807, 2.05) is 6.92 Å². The monoisotopic (exact) mass is 284 g/mol. The van der Waals surface area contributed by atoms with Crippen LogP contribution in [-0.4, -0.2) is 29.6 Å². The third kappa shape index (κ3) is 3.86. The van der Waals surface area contributed by atoms with Crippen molar-refractivity contribution in [2.45, 2.75) is 26.3 Å². The van der Waals surface area contributed by atoms with Gasteiger partial charge in [-0.15, -0.1) is 0 Å². The summed E-state index contributed by atoms with van der Waals surface area (Å²) in [6.07, 6.45) is -0.0292. The van der Waals surface area contributed by atoms with Crippen LogP contribution in [0.15, 0.2) is 18.2 Å². The Hall–Kier alpha value is -1.75. The first-order valence-electron chi connectivity index (χ1n) is 5.94. The van der Waals surface area contributed by atoms with Gasteiger partial charge in [-0.3, -0.25) is 9.59 Å². The molecule has 0 aliphatic heterocycles. The minimum Gasteiger partial charge on any atom is -0.481 e. The highest BCUT2D eigenvalue weighted by atomic mass is 35.5. The Morgan fingerprint density at radius 1 is 1.47 bits per heavy atom. The maximum atomic E-state index is 11.4. The molecule has 3 N–H and O–H groups in total. The second-order valence-corrected chi connectivity index (χ2v) is 4.70. The lowest BCUT2D eigenvalue weighted by atomic mass is 10.1. The fourth-order valence-corrected chi connectivity index (χ4v) is 2.20. The van der Waals surface area contributed by atoms with Gasteiger partial charge in [0.25, 0.3) is 5.91 Å². The Kier molecular flexibility index (Phi) is 5.18. The third-order valence-corrected chi connectivity index (χ3v) is 3.11. The third-order valence-electron chi connectivity index (χ3n) is 2.88. The number of anilines is 1. The van der Waals surface area contributed by atoms with Crippen LogP contribution < -0.4 is 10.6 Å². The maximum absolute atomic E-state index is 11.4. The van der Waals surface area contributed by atoms with E-state index in [1.54, 1.807) is 30.0 Å². The summed E-state index contributed by atoms with van der Waals surface area (Å²) in [5.41, 5.74) is 6.24. The van der Waals surface area contributed by atoms with Gasteiger partial charge in [0.1, 0.15) is 0 Å². The lowest BCUT2D eigenvalue weighted by Crippen LogP contribution is -2.36. The molecule has 0 aliphatic carbocycles. The van der Waals surface area contributed by atoms with Gasteiger partial charge in [0.2, 0.25) is 0 Å². The van der Waals surface area contributed by atoms with E-state index < -0.39 is 11.9 Å². The first-order chi connectivity index (χ1) is 8.86. The zero-order chi connectivity index (χ0) is 14.6. The second-order valence-electron chi connectivity index (χ2n) is 4.26. The number of carboxylic acid groups (broad SMARTS) is 1. The quantitative estimate of drug-likeness (QED) is 0.838. The minimum absolute atomic E-state index is 0.0292. The number of nitrogens with zero attached hydrogens (tertiary/aromatic N) is 1. The van der Waals surface area contributed by atoms with E-state index in [-0.39, 0.29) is 12.5 Å². The minimum atomic E-state index is -0.895. The van der Waals surface area contributed by atoms with Gasteiger partial charge < -0.3 is 15.7 Å². The van der Waals surface area contributed by atoms with E-state index in [4.69, 9.17) is 22.4 Å². The Morgan fingerprint density at radius 3 is 2.58 bits per heavy atom. The van der Waals surface area contributed by atoms with Crippen LogP contribution >= 0.6 is 11.6 Å². The number of nitrogens with two attached hydrogens (primary N) is 1. The highest BCUT2D eigenvalue weighted by Crippen LogP contribution is 2.27. The number of halogens is 1. The summed E-state index contributed by atoms with van der Waals surface area (Å²) in [5, 5.41) is 9.34. The zero-order valence-electron chi connectivity index (χ0n) is 10.9. The normalized spacial score (nSPS) is 11.9. The average Bonchev–Trinajstić information content (AvgIpc) is 2.28. The van der Waals surface area contributed by atoms with Crippen molar-refractivity contribution in [2.75, 3.05) is 11.4 Å². The molecule has 19 heavy (non-hydrogen) atoms. The SMILES string of the molecule is CCN(c1cc(Cl)ccc1C(N)=O)C(C)CC(=O)O. The van der Waals surface area contributed by atoms with Gasteiger partial charge in [-0.25, -0.2) is 0 Å². The highest BCUT2D eigenvalue weighted by molar-refractivity contribution is 6.31. The first-order valence-corrected chi connectivity index (χ1v) is 6.32. The lowest BCUT2D eigenvalue weighted by molar-refractivity contribution is -0.137. The van der Waals surface area contributed by atoms with Crippen molar-refractivity contribution in [2.24, 2.45) is 5.73 Å². The fourth-order valence-electron chi connectivity index (χ4n) is 2.03. The van der Waals surface area contributed by atoms with Crippen molar-refractivity contribution < 1.29 is 14.7 Å². The number of benzene rings is 1. The van der Waals surface area contributed by atoms with E-state index >= 15 is 0 Å². The van der Waals surface area contributed by atoms with Crippen molar-refractivity contribution >= 4 is 29.2 Å². The number of carbonyl (C=O) groups excluding carboxylic acids is 1. The summed E-state index contributed by atoms with van der Waals surface area (Å²) < 4.78 is 0. The standard InChI is InChI=1S/C13H17ClN2O3/c1-3-16(8(2)6-12(17)18)11-7-9(14)4-5-10(11)13(15)19/h4-5,7-8H,3,6H2,1-2H3,(H2,15,19)(H,17,18). The van der Waals surface area contributed by atoms with Crippen molar-refractivity contribution in [3.05, 3.63) is 28.8 Å². The Balaban J connectivity index is 3.19. The number of rotatable bonds is 6. The molecule has 104 valence electrons. The van der Waals surface area contributed by atoms with Crippen molar-refractivity contribution in [3.63, 3.8) is 0 Å². The molecule has 0 aliphatic rings. The topological polar surface area (TPSA) is 83.6 Å². The van der Waals surface area contributed by atoms with E-state index in [2.05, 4.69) is 0 Å². The summed E-state index contributed by atoms with van der Waals surface area (Å²) in [6.45, 7) is 4.21. The summed E-state index contributed by atoms with van der Waals surface area (Å²) in [7, 11) is 0. The number of carbonyl (C=O) groups is 2. The van der Waals surface area contributed by atoms with Gasteiger partial charge in [0.15, 0.2) is 0 Å². The van der Waals surface area contributed by atoms with Gasteiger partial charge in [0.05, 0.1) is 17.7 Å². The molecule has 0 saturated carbocycles. The highest BCUT2D eigenvalue weighted by Gasteiger charge is 2.20. The molecule has 1 amide bonds. The molecule has 1 rings (SSSR count). The van der Waals surface area contributed by atoms with Crippen LogP contribution in [0.4, 0.5) is 5.69 Å². The van der Waals surface area contributed by atoms with E-state index in [0.717, 1.165) is 0 Å². The molecule has 1 aromatic rings. The smallest absolute Gasteiger partial charge is 0.305 e. The molecule has 6 heteroatoms. The van der Waals surface area contributed by atoms with Crippen molar-refractivity contribution in [3.8, 4) is 0 Å². The summed E-state index contributed by atoms with van der Waals surface area (Å²) >= 11 is 5.94. The molecule has 1 aromatic carbocycles. The van der Waals surface area contributed by atoms with E-state index in [1.165, 1.54) is 0 Å². The average molecular weight is 285 g/mol. The van der Waals surface area contributed by atoms with Crippen LogP contribution in [0.5, 0.6) is 0 Å². The van der Waals surface area contributed by atoms with Gasteiger partial charge in [-0.1, -0.05) is 11.6 Å². The van der Waals surface area contributed by atoms with Gasteiger partial charge in [-0.2, -0.15) is 0 Å². The van der Waals surface area contributed by atoms with E-state index in [0.29, 0.717) is 22.8 Å². The van der Waals surface area contributed by atoms with Gasteiger partial charge in [-0.05, 0) is 32.0 Å². The van der Waals surface area contributed by atoms with Crippen LogP contribution in [-0.2, 0) is 4.79 Å². The molecule has 0 bridgehead atoms. The second kappa shape index (κ2) is 6.43. The fraction of sp³-hybridized carbons (Fsp3) is 0.385. The molecule has 0 aromatic heterocycles. The lowest BCUT2D eigenvalue weighted by Gasteiger charge is -2.30. The van der Waals surface area contributed by atoms with E-state index in [9.17, 15) is 9.59 Å². The van der Waals surface area contributed by atoms with Crippen LogP contribution in [0.25, 0.3) is 0 Å². The van der Waals surface area contributed by atoms with Crippen LogP contribution in [0.2, 0.25) is 5.02 Å². The molecule has 0 fully saturated rings. The molecule has 0 spiro atoms. The van der Waals surface area contributed by atoms with Crippen LogP contribution in [0.3, 0.4) is 0 Å². The summed E-state index contributed by atoms with van der Waals surface area (Å²) in [5.74, 6) is -1.46. The molecule has 0 heterocycles. The van der Waals surface area contributed by atoms with Gasteiger partial charge in [0, 0.05) is 17.6 Å². The zero-order valence-corrected chi connectivity index (χ0v) is 11.6. The number of primary amides is 1. The van der Waals surface area contributed by atoms with Gasteiger partial charge >= 0.3 is 5.97 Å². The summed E-state index contributed by atoms with van der Waals surface area (Å²) in [6, 6.07) is 4.50. The molecule has 0 saturated heterocycles. The summed E-state index contributed by atoms with van der Waals surface area (Å²) in [4.78, 5) is 24.0. The molecular weight excluding hydrogens is 268 g/mol. The molecule has 0 radical (unpaired) electrons. The first kappa shape index (κ1) is 15.3. The Bertz CT molecular complexity index is 491. The Morgan fingerprint density at radius 2 is 2.11 bits per heavy atom. The van der Waals surface area contributed by atoms with Crippen LogP contribution in [0.1, 0.15) is 30.6 Å². The van der Waals surface area contributed by atoms with Crippen molar-refractivity contribution in [1.82, 2.24) is 0 Å². The number of aliphatic carboxylic acids is 1. The van der Waals surface area contributed by atoms with Crippen molar-refractivity contribution in [1.29, 1.82) is 0 Å². The number of hydrogen-bond donors (Lipinski definition) is 2. The van der Waals surface area contributed by atoms with Crippen LogP contribution in [0, 0.1) is 0 Å².